The van der Waals surface area contributed by atoms with Crippen molar-refractivity contribution in [3.8, 4) is 22.7 Å². The minimum Gasteiger partial charge on any atom is -0.494 e. The SMILES string of the molecule is COc1cc(Cl)ccc1-n1nc(C(=O)NCC(=O)O)c(C)c1-c1ccc(Cl)cc1. The van der Waals surface area contributed by atoms with Crippen molar-refractivity contribution < 1.29 is 19.4 Å². The number of carboxylic acids is 1. The Kier molecular flexibility index (Phi) is 6.10. The van der Waals surface area contributed by atoms with E-state index in [4.69, 9.17) is 33.0 Å². The van der Waals surface area contributed by atoms with E-state index in [9.17, 15) is 9.59 Å². The molecule has 1 aromatic heterocycles. The highest BCUT2D eigenvalue weighted by Gasteiger charge is 2.24. The average molecular weight is 434 g/mol. The number of rotatable bonds is 6. The molecule has 29 heavy (non-hydrogen) atoms. The Balaban J connectivity index is 2.21. The Morgan fingerprint density at radius 1 is 1.14 bits per heavy atom. The molecule has 3 aromatic rings. The summed E-state index contributed by atoms with van der Waals surface area (Å²) in [7, 11) is 1.51. The van der Waals surface area contributed by atoms with Crippen LogP contribution in [-0.4, -0.2) is 40.4 Å². The summed E-state index contributed by atoms with van der Waals surface area (Å²) in [4.78, 5) is 23.3. The first-order valence-corrected chi connectivity index (χ1v) is 9.27. The first-order valence-electron chi connectivity index (χ1n) is 8.51. The van der Waals surface area contributed by atoms with Crippen molar-refractivity contribution in [2.45, 2.75) is 6.92 Å². The van der Waals surface area contributed by atoms with Crippen LogP contribution in [0.25, 0.3) is 16.9 Å². The summed E-state index contributed by atoms with van der Waals surface area (Å²) in [6.07, 6.45) is 0. The maximum atomic E-state index is 12.5. The number of nitrogens with one attached hydrogen (secondary N) is 1. The molecule has 9 heteroatoms. The van der Waals surface area contributed by atoms with E-state index in [1.165, 1.54) is 7.11 Å². The lowest BCUT2D eigenvalue weighted by atomic mass is 10.1. The number of benzene rings is 2. The van der Waals surface area contributed by atoms with E-state index in [1.54, 1.807) is 41.9 Å². The van der Waals surface area contributed by atoms with E-state index < -0.39 is 18.4 Å². The smallest absolute Gasteiger partial charge is 0.322 e. The molecule has 0 aliphatic heterocycles. The van der Waals surface area contributed by atoms with Gasteiger partial charge >= 0.3 is 5.97 Å². The van der Waals surface area contributed by atoms with Gasteiger partial charge < -0.3 is 15.2 Å². The highest BCUT2D eigenvalue weighted by molar-refractivity contribution is 6.31. The Morgan fingerprint density at radius 3 is 2.41 bits per heavy atom. The van der Waals surface area contributed by atoms with Crippen LogP contribution in [0.15, 0.2) is 42.5 Å². The van der Waals surface area contributed by atoms with Gasteiger partial charge in [0.05, 0.1) is 12.8 Å². The van der Waals surface area contributed by atoms with Crippen molar-refractivity contribution in [3.63, 3.8) is 0 Å². The highest BCUT2D eigenvalue weighted by atomic mass is 35.5. The fourth-order valence-corrected chi connectivity index (χ4v) is 3.19. The number of aromatic nitrogens is 2. The quantitative estimate of drug-likeness (QED) is 0.612. The largest absolute Gasteiger partial charge is 0.494 e. The lowest BCUT2D eigenvalue weighted by Crippen LogP contribution is -2.30. The molecule has 150 valence electrons. The zero-order chi connectivity index (χ0) is 21.1. The molecule has 0 unspecified atom stereocenters. The Bertz CT molecular complexity index is 1080. The molecular formula is C20H17Cl2N3O4. The maximum Gasteiger partial charge on any atom is 0.322 e. The third-order valence-corrected chi connectivity index (χ3v) is 4.71. The second kappa shape index (κ2) is 8.55. The van der Waals surface area contributed by atoms with E-state index in [2.05, 4.69) is 10.4 Å². The molecule has 0 atom stereocenters. The number of amides is 1. The van der Waals surface area contributed by atoms with Gasteiger partial charge in [-0.2, -0.15) is 5.10 Å². The molecule has 0 aliphatic rings. The van der Waals surface area contributed by atoms with Gasteiger partial charge in [0, 0.05) is 27.2 Å². The van der Waals surface area contributed by atoms with Crippen LogP contribution in [0.2, 0.25) is 10.0 Å². The number of methoxy groups -OCH3 is 1. The number of carbonyl (C=O) groups is 2. The normalized spacial score (nSPS) is 10.6. The fourth-order valence-electron chi connectivity index (χ4n) is 2.90. The summed E-state index contributed by atoms with van der Waals surface area (Å²) in [5, 5.41) is 16.7. The number of ether oxygens (including phenoxy) is 1. The summed E-state index contributed by atoms with van der Waals surface area (Å²) in [5.41, 5.74) is 2.67. The number of carboxylic acid groups (broad SMARTS) is 1. The fraction of sp³-hybridized carbons (Fsp3) is 0.150. The molecule has 0 saturated carbocycles. The zero-order valence-electron chi connectivity index (χ0n) is 15.6. The van der Waals surface area contributed by atoms with Crippen LogP contribution in [-0.2, 0) is 4.79 Å². The molecule has 1 amide bonds. The van der Waals surface area contributed by atoms with Crippen LogP contribution in [0.1, 0.15) is 16.1 Å². The molecule has 0 bridgehead atoms. The molecule has 0 spiro atoms. The van der Waals surface area contributed by atoms with Crippen molar-refractivity contribution in [3.05, 3.63) is 63.8 Å². The summed E-state index contributed by atoms with van der Waals surface area (Å²) >= 11 is 12.1. The van der Waals surface area contributed by atoms with Gasteiger partial charge in [0.25, 0.3) is 5.91 Å². The number of aliphatic carboxylic acids is 1. The monoisotopic (exact) mass is 433 g/mol. The van der Waals surface area contributed by atoms with Crippen molar-refractivity contribution >= 4 is 35.1 Å². The number of halogens is 2. The van der Waals surface area contributed by atoms with Gasteiger partial charge in [-0.1, -0.05) is 35.3 Å². The van der Waals surface area contributed by atoms with Gasteiger partial charge in [-0.15, -0.1) is 0 Å². The van der Waals surface area contributed by atoms with E-state index in [0.717, 1.165) is 5.56 Å². The Labute approximate surface area is 176 Å². The number of hydrogen-bond donors (Lipinski definition) is 2. The highest BCUT2D eigenvalue weighted by Crippen LogP contribution is 2.34. The van der Waals surface area contributed by atoms with E-state index in [1.807, 2.05) is 12.1 Å². The van der Waals surface area contributed by atoms with Crippen molar-refractivity contribution in [2.75, 3.05) is 13.7 Å². The van der Waals surface area contributed by atoms with Crippen LogP contribution in [0.5, 0.6) is 5.75 Å². The van der Waals surface area contributed by atoms with Gasteiger partial charge in [-0.05, 0) is 31.2 Å². The predicted molar refractivity (Wildman–Crippen MR) is 110 cm³/mol. The number of hydrogen-bond acceptors (Lipinski definition) is 4. The third-order valence-electron chi connectivity index (χ3n) is 4.23. The molecule has 2 aromatic carbocycles. The lowest BCUT2D eigenvalue weighted by molar-refractivity contribution is -0.135. The minimum atomic E-state index is -1.15. The van der Waals surface area contributed by atoms with Crippen molar-refractivity contribution in [1.82, 2.24) is 15.1 Å². The third kappa shape index (κ3) is 4.36. The van der Waals surface area contributed by atoms with E-state index in [0.29, 0.717) is 32.7 Å². The van der Waals surface area contributed by atoms with Crippen LogP contribution in [0.4, 0.5) is 0 Å². The summed E-state index contributed by atoms with van der Waals surface area (Å²) in [6.45, 7) is 1.23. The van der Waals surface area contributed by atoms with Crippen molar-refractivity contribution in [1.29, 1.82) is 0 Å². The van der Waals surface area contributed by atoms with Crippen LogP contribution >= 0.6 is 23.2 Å². The van der Waals surface area contributed by atoms with Gasteiger partial charge in [0.2, 0.25) is 0 Å². The lowest BCUT2D eigenvalue weighted by Gasteiger charge is -2.13. The molecule has 3 rings (SSSR count). The Morgan fingerprint density at radius 2 is 1.79 bits per heavy atom. The topological polar surface area (TPSA) is 93.5 Å². The van der Waals surface area contributed by atoms with E-state index in [-0.39, 0.29) is 5.69 Å². The van der Waals surface area contributed by atoms with Gasteiger partial charge in [0.1, 0.15) is 18.0 Å². The van der Waals surface area contributed by atoms with Gasteiger partial charge in [-0.3, -0.25) is 9.59 Å². The molecule has 0 aliphatic carbocycles. The molecule has 2 N–H and O–H groups in total. The zero-order valence-corrected chi connectivity index (χ0v) is 17.1. The molecule has 7 nitrogen and oxygen atoms in total. The van der Waals surface area contributed by atoms with Crippen LogP contribution in [0, 0.1) is 6.92 Å². The molecular weight excluding hydrogens is 417 g/mol. The molecule has 0 fully saturated rings. The molecule has 0 radical (unpaired) electrons. The first kappa shape index (κ1) is 20.7. The summed E-state index contributed by atoms with van der Waals surface area (Å²) < 4.78 is 7.01. The van der Waals surface area contributed by atoms with Gasteiger partial charge in [-0.25, -0.2) is 4.68 Å². The number of nitrogens with zero attached hydrogens (tertiary/aromatic N) is 2. The Hall–Kier alpha value is -3.03. The van der Waals surface area contributed by atoms with E-state index >= 15 is 0 Å². The predicted octanol–water partition coefficient (Wildman–Crippen LogP) is 3.98. The first-order chi connectivity index (χ1) is 13.8. The standard InChI is InChI=1S/C20H17Cl2N3O4/c1-11-18(20(28)23-10-17(26)27)24-25(15-8-7-14(22)9-16(15)29-2)19(11)12-3-5-13(21)6-4-12/h3-9H,10H2,1-2H3,(H,23,28)(H,26,27). The molecule has 1 heterocycles. The second-order valence-electron chi connectivity index (χ2n) is 6.13. The summed E-state index contributed by atoms with van der Waals surface area (Å²) in [6, 6.07) is 12.1. The average Bonchev–Trinajstić information content (AvgIpc) is 3.03. The second-order valence-corrected chi connectivity index (χ2v) is 7.01. The van der Waals surface area contributed by atoms with Crippen molar-refractivity contribution in [2.24, 2.45) is 0 Å². The number of carbonyl (C=O) groups excluding carboxylic acids is 1. The minimum absolute atomic E-state index is 0.105. The molecule has 0 saturated heterocycles. The maximum absolute atomic E-state index is 12.5. The van der Waals surface area contributed by atoms with Crippen LogP contribution < -0.4 is 10.1 Å². The van der Waals surface area contributed by atoms with Crippen LogP contribution in [0.3, 0.4) is 0 Å². The summed E-state index contributed by atoms with van der Waals surface area (Å²) in [5.74, 6) is -1.27. The van der Waals surface area contributed by atoms with Gasteiger partial charge in [0.15, 0.2) is 5.69 Å².